The van der Waals surface area contributed by atoms with E-state index in [9.17, 15) is 9.59 Å². The number of rotatable bonds is 5. The van der Waals surface area contributed by atoms with Crippen molar-refractivity contribution in [2.24, 2.45) is 0 Å². The molecule has 34 heavy (non-hydrogen) atoms. The summed E-state index contributed by atoms with van der Waals surface area (Å²) in [5.74, 6) is 0.225. The Hall–Kier alpha value is -2.53. The van der Waals surface area contributed by atoms with Crippen molar-refractivity contribution in [2.45, 2.75) is 37.1 Å². The van der Waals surface area contributed by atoms with Crippen molar-refractivity contribution in [3.63, 3.8) is 0 Å². The number of anilines is 1. The van der Waals surface area contributed by atoms with E-state index < -0.39 is 5.54 Å². The normalized spacial score (nSPS) is 20.1. The van der Waals surface area contributed by atoms with Gasteiger partial charge in [0.2, 0.25) is 0 Å². The molecule has 0 saturated carbocycles. The van der Waals surface area contributed by atoms with Gasteiger partial charge in [0.05, 0.1) is 5.69 Å². The van der Waals surface area contributed by atoms with Crippen LogP contribution in [0.4, 0.5) is 10.5 Å². The van der Waals surface area contributed by atoms with E-state index in [1.165, 1.54) is 4.90 Å². The molecular weight excluding hydrogens is 491 g/mol. The molecule has 1 atom stereocenters. The van der Waals surface area contributed by atoms with E-state index in [0.29, 0.717) is 41.0 Å². The molecule has 0 aliphatic carbocycles. The summed E-state index contributed by atoms with van der Waals surface area (Å²) in [6, 6.07) is 20.7. The van der Waals surface area contributed by atoms with Crippen LogP contribution in [-0.4, -0.2) is 28.9 Å². The highest BCUT2D eigenvalue weighted by Gasteiger charge is 2.58. The first-order chi connectivity index (χ1) is 16.4. The lowest BCUT2D eigenvalue weighted by Crippen LogP contribution is -2.54. The lowest BCUT2D eigenvalue weighted by atomic mass is 9.81. The Balaban J connectivity index is 1.48. The van der Waals surface area contributed by atoms with Crippen molar-refractivity contribution >= 4 is 52.4 Å². The predicted molar refractivity (Wildman–Crippen MR) is 138 cm³/mol. The molecule has 2 fully saturated rings. The zero-order chi connectivity index (χ0) is 23.9. The topological polar surface area (TPSA) is 40.6 Å². The molecule has 0 spiro atoms. The minimum Gasteiger partial charge on any atom is -0.309 e. The van der Waals surface area contributed by atoms with E-state index in [4.69, 9.17) is 34.8 Å². The highest BCUT2D eigenvalue weighted by molar-refractivity contribution is 6.35. The van der Waals surface area contributed by atoms with Crippen molar-refractivity contribution in [2.75, 3.05) is 11.4 Å². The molecule has 3 aromatic carbocycles. The Morgan fingerprint density at radius 3 is 2.29 bits per heavy atom. The predicted octanol–water partition coefficient (Wildman–Crippen LogP) is 7.33. The van der Waals surface area contributed by atoms with E-state index in [-0.39, 0.29) is 11.9 Å². The number of benzene rings is 3. The van der Waals surface area contributed by atoms with Crippen LogP contribution in [0.15, 0.2) is 66.7 Å². The van der Waals surface area contributed by atoms with E-state index in [2.05, 4.69) is 18.2 Å². The van der Waals surface area contributed by atoms with Gasteiger partial charge in [-0.25, -0.2) is 9.69 Å². The lowest BCUT2D eigenvalue weighted by molar-refractivity contribution is -0.126. The van der Waals surface area contributed by atoms with Crippen molar-refractivity contribution in [1.82, 2.24) is 4.90 Å². The van der Waals surface area contributed by atoms with E-state index in [1.54, 1.807) is 23.1 Å². The molecule has 0 aromatic heterocycles. The number of imide groups is 1. The number of alkyl halides is 1. The van der Waals surface area contributed by atoms with Crippen LogP contribution in [0, 0.1) is 0 Å². The van der Waals surface area contributed by atoms with Gasteiger partial charge in [0.1, 0.15) is 5.54 Å². The maximum atomic E-state index is 13.8. The average Bonchev–Trinajstić information content (AvgIpc) is 3.05. The maximum absolute atomic E-state index is 13.8. The van der Waals surface area contributed by atoms with Crippen LogP contribution in [-0.2, 0) is 17.1 Å². The van der Waals surface area contributed by atoms with Crippen molar-refractivity contribution in [1.29, 1.82) is 0 Å². The monoisotopic (exact) mass is 512 g/mol. The minimum absolute atomic E-state index is 0.216. The molecule has 2 heterocycles. The van der Waals surface area contributed by atoms with Crippen LogP contribution < -0.4 is 4.90 Å². The van der Waals surface area contributed by atoms with Gasteiger partial charge in [0, 0.05) is 28.9 Å². The van der Waals surface area contributed by atoms with Crippen LogP contribution >= 0.6 is 34.8 Å². The second-order valence-corrected chi connectivity index (χ2v) is 10.00. The van der Waals surface area contributed by atoms with Crippen LogP contribution in [0.2, 0.25) is 10.0 Å². The van der Waals surface area contributed by atoms with Gasteiger partial charge in [-0.05, 0) is 59.7 Å². The van der Waals surface area contributed by atoms with Crippen molar-refractivity contribution < 1.29 is 9.59 Å². The summed E-state index contributed by atoms with van der Waals surface area (Å²) in [5.41, 5.74) is 3.75. The smallest absolute Gasteiger partial charge is 0.309 e. The summed E-state index contributed by atoms with van der Waals surface area (Å²) in [6.45, 7) is 0.552. The minimum atomic E-state index is -0.903. The van der Waals surface area contributed by atoms with E-state index in [1.807, 2.05) is 30.3 Å². The second kappa shape index (κ2) is 9.26. The summed E-state index contributed by atoms with van der Waals surface area (Å²) >= 11 is 18.5. The maximum Gasteiger partial charge on any atom is 0.332 e. The average molecular weight is 514 g/mol. The zero-order valence-electron chi connectivity index (χ0n) is 18.4. The Kier molecular flexibility index (Phi) is 6.32. The first kappa shape index (κ1) is 23.2. The molecule has 5 rings (SSSR count). The van der Waals surface area contributed by atoms with E-state index >= 15 is 0 Å². The molecular formula is C27H23Cl3N2O2. The summed E-state index contributed by atoms with van der Waals surface area (Å²) in [4.78, 5) is 30.2. The SMILES string of the molecule is O=C1N(c2cc(Cl)cc(Cl)c2)C(=O)C2(Cc3ccc(-c4ccccc4CCl)cc3)CCCCN12. The number of hydrogen-bond acceptors (Lipinski definition) is 2. The summed E-state index contributed by atoms with van der Waals surface area (Å²) < 4.78 is 0. The van der Waals surface area contributed by atoms with Crippen molar-refractivity contribution in [3.05, 3.63) is 87.9 Å². The Morgan fingerprint density at radius 1 is 0.882 bits per heavy atom. The largest absolute Gasteiger partial charge is 0.332 e. The number of carbonyl (C=O) groups excluding carboxylic acids is 2. The molecule has 0 bridgehead atoms. The Bertz CT molecular complexity index is 1240. The third kappa shape index (κ3) is 3.98. The summed E-state index contributed by atoms with van der Waals surface area (Å²) in [6.07, 6.45) is 2.85. The molecule has 3 amide bonds. The second-order valence-electron chi connectivity index (χ2n) is 8.86. The van der Waals surface area contributed by atoms with Crippen molar-refractivity contribution in [3.8, 4) is 11.1 Å². The lowest BCUT2D eigenvalue weighted by Gasteiger charge is -2.39. The molecule has 0 N–H and O–H groups in total. The third-order valence-electron chi connectivity index (χ3n) is 6.79. The van der Waals surface area contributed by atoms with Gasteiger partial charge >= 0.3 is 6.03 Å². The third-order valence-corrected chi connectivity index (χ3v) is 7.51. The van der Waals surface area contributed by atoms with Crippen LogP contribution in [0.25, 0.3) is 11.1 Å². The molecule has 0 radical (unpaired) electrons. The summed E-state index contributed by atoms with van der Waals surface area (Å²) in [7, 11) is 0. The first-order valence-corrected chi connectivity index (χ1v) is 12.6. The molecule has 2 aliphatic rings. The standard InChI is InChI=1S/C27H23Cl3N2O2/c28-17-20-5-1-2-6-24(20)19-9-7-18(8-10-19)16-27-11-3-4-12-31(27)26(34)32(25(27)33)23-14-21(29)13-22(30)15-23/h1-2,5-10,13-15H,3-4,11-12,16-17H2. The van der Waals surface area contributed by atoms with Gasteiger partial charge in [0.25, 0.3) is 5.91 Å². The van der Waals surface area contributed by atoms with Crippen LogP contribution in [0.1, 0.15) is 30.4 Å². The number of carbonyl (C=O) groups is 2. The molecule has 2 saturated heterocycles. The number of fused-ring (bicyclic) bond motifs is 1. The fourth-order valence-electron chi connectivity index (χ4n) is 5.17. The molecule has 7 heteroatoms. The number of nitrogens with zero attached hydrogens (tertiary/aromatic N) is 2. The summed E-state index contributed by atoms with van der Waals surface area (Å²) in [5, 5.41) is 0.768. The fraction of sp³-hybridized carbons (Fsp3) is 0.259. The quantitative estimate of drug-likeness (QED) is 0.265. The van der Waals surface area contributed by atoms with Crippen LogP contribution in [0.5, 0.6) is 0 Å². The van der Waals surface area contributed by atoms with Gasteiger partial charge < -0.3 is 4.90 Å². The van der Waals surface area contributed by atoms with E-state index in [0.717, 1.165) is 35.1 Å². The molecule has 174 valence electrons. The number of amides is 3. The first-order valence-electron chi connectivity index (χ1n) is 11.3. The molecule has 1 unspecified atom stereocenters. The zero-order valence-corrected chi connectivity index (χ0v) is 20.7. The Labute approximate surface area is 214 Å². The van der Waals surface area contributed by atoms with Gasteiger partial charge in [-0.15, -0.1) is 11.6 Å². The molecule has 2 aliphatic heterocycles. The molecule has 4 nitrogen and oxygen atoms in total. The number of hydrogen-bond donors (Lipinski definition) is 0. The number of piperidine rings is 1. The molecule has 3 aromatic rings. The highest BCUT2D eigenvalue weighted by atomic mass is 35.5. The highest BCUT2D eigenvalue weighted by Crippen LogP contribution is 2.42. The van der Waals surface area contributed by atoms with Gasteiger partial charge in [-0.1, -0.05) is 71.7 Å². The van der Waals surface area contributed by atoms with Gasteiger partial charge in [-0.3, -0.25) is 4.79 Å². The fourth-order valence-corrected chi connectivity index (χ4v) is 5.91. The number of urea groups is 1. The number of halogens is 3. The van der Waals surface area contributed by atoms with Gasteiger partial charge in [-0.2, -0.15) is 0 Å². The van der Waals surface area contributed by atoms with Gasteiger partial charge in [0.15, 0.2) is 0 Å². The van der Waals surface area contributed by atoms with Crippen LogP contribution in [0.3, 0.4) is 0 Å². The Morgan fingerprint density at radius 2 is 1.59 bits per heavy atom.